The van der Waals surface area contributed by atoms with Gasteiger partial charge >= 0.3 is 0 Å². The second kappa shape index (κ2) is 5.19. The quantitative estimate of drug-likeness (QED) is 0.766. The maximum Gasteiger partial charge on any atom is 0.192 e. The number of rotatable bonds is 4. The van der Waals surface area contributed by atoms with Crippen LogP contribution in [0.1, 0.15) is 46.5 Å². The summed E-state index contributed by atoms with van der Waals surface area (Å²) in [7, 11) is -1.58. The molecule has 1 unspecified atom stereocenters. The molecule has 0 amide bonds. The zero-order valence-electron chi connectivity index (χ0n) is 11.5. The number of hydrogen-bond donors (Lipinski definition) is 1. The lowest BCUT2D eigenvalue weighted by atomic mass is 10.1. The molecule has 1 fully saturated rings. The van der Waals surface area contributed by atoms with Crippen LogP contribution in [0.15, 0.2) is 0 Å². The monoisotopic (exact) mass is 244 g/mol. The van der Waals surface area contributed by atoms with Crippen molar-refractivity contribution in [3.63, 3.8) is 0 Å². The molecule has 2 atom stereocenters. The highest BCUT2D eigenvalue weighted by molar-refractivity contribution is 6.74. The van der Waals surface area contributed by atoms with Gasteiger partial charge in [-0.25, -0.2) is 0 Å². The third-order valence-corrected chi connectivity index (χ3v) is 8.83. The van der Waals surface area contributed by atoms with Crippen molar-refractivity contribution in [2.45, 2.75) is 70.7 Å². The Labute approximate surface area is 102 Å². The summed E-state index contributed by atoms with van der Waals surface area (Å²) in [5, 5.41) is 9.25. The lowest BCUT2D eigenvalue weighted by molar-refractivity contribution is 0.178. The molecule has 0 heterocycles. The van der Waals surface area contributed by atoms with Crippen molar-refractivity contribution in [2.75, 3.05) is 6.61 Å². The van der Waals surface area contributed by atoms with E-state index in [1.165, 1.54) is 12.8 Å². The van der Waals surface area contributed by atoms with Crippen molar-refractivity contribution in [2.24, 2.45) is 5.92 Å². The minimum absolute atomic E-state index is 0.308. The molecule has 0 bridgehead atoms. The topological polar surface area (TPSA) is 29.5 Å². The molecule has 0 aromatic rings. The predicted octanol–water partition coefficient (Wildman–Crippen LogP) is 3.56. The smallest absolute Gasteiger partial charge is 0.192 e. The summed E-state index contributed by atoms with van der Waals surface area (Å²) in [6, 6.07) is 0. The van der Waals surface area contributed by atoms with Crippen molar-refractivity contribution in [1.82, 2.24) is 0 Å². The fourth-order valence-electron chi connectivity index (χ4n) is 2.17. The standard InChI is InChI=1S/C13H28O2Si/c1-13(2,3)16(4,5)15-12-7-6-11(10-12)8-9-14/h11-12,14H,6-10H2,1-5H3/t11-,12?/m0/s1. The lowest BCUT2D eigenvalue weighted by Gasteiger charge is -2.38. The molecule has 1 aliphatic rings. The van der Waals surface area contributed by atoms with Gasteiger partial charge < -0.3 is 9.53 Å². The van der Waals surface area contributed by atoms with E-state index in [0.717, 1.165) is 12.8 Å². The van der Waals surface area contributed by atoms with Gasteiger partial charge in [0.25, 0.3) is 0 Å². The molecule has 0 radical (unpaired) electrons. The minimum Gasteiger partial charge on any atom is -0.414 e. The van der Waals surface area contributed by atoms with Gasteiger partial charge in [0.2, 0.25) is 0 Å². The first-order chi connectivity index (χ1) is 7.26. The fourth-order valence-corrected chi connectivity index (χ4v) is 3.58. The van der Waals surface area contributed by atoms with Gasteiger partial charge in [-0.15, -0.1) is 0 Å². The summed E-state index contributed by atoms with van der Waals surface area (Å²) in [5.41, 5.74) is 0. The Bertz CT molecular complexity index is 220. The van der Waals surface area contributed by atoms with E-state index in [4.69, 9.17) is 9.53 Å². The summed E-state index contributed by atoms with van der Waals surface area (Å²) >= 11 is 0. The zero-order chi connectivity index (χ0) is 12.4. The van der Waals surface area contributed by atoms with Crippen LogP contribution in [-0.2, 0) is 4.43 Å². The molecule has 2 nitrogen and oxygen atoms in total. The molecule has 3 heteroatoms. The van der Waals surface area contributed by atoms with Crippen LogP contribution in [0.4, 0.5) is 0 Å². The number of hydrogen-bond acceptors (Lipinski definition) is 2. The first-order valence-corrected chi connectivity index (χ1v) is 9.46. The van der Waals surface area contributed by atoms with Crippen molar-refractivity contribution >= 4 is 8.32 Å². The van der Waals surface area contributed by atoms with Crippen molar-refractivity contribution in [3.05, 3.63) is 0 Å². The van der Waals surface area contributed by atoms with Crippen molar-refractivity contribution in [3.8, 4) is 0 Å². The van der Waals surface area contributed by atoms with Crippen molar-refractivity contribution < 1.29 is 9.53 Å². The normalized spacial score (nSPS) is 27.4. The van der Waals surface area contributed by atoms with Gasteiger partial charge in [-0.1, -0.05) is 20.8 Å². The Morgan fingerprint density at radius 3 is 2.38 bits per heavy atom. The SMILES string of the molecule is CC(C)(C)[Si](C)(C)OC1CC[C@@H](CCO)C1. The van der Waals surface area contributed by atoms with Gasteiger partial charge in [0.1, 0.15) is 0 Å². The van der Waals surface area contributed by atoms with Crippen LogP contribution in [-0.4, -0.2) is 26.1 Å². The molecular formula is C13H28O2Si. The summed E-state index contributed by atoms with van der Waals surface area (Å²) in [6.07, 6.45) is 5.00. The van der Waals surface area contributed by atoms with Crippen molar-refractivity contribution in [1.29, 1.82) is 0 Å². The molecule has 1 saturated carbocycles. The highest BCUT2D eigenvalue weighted by Gasteiger charge is 2.40. The third kappa shape index (κ3) is 3.57. The summed E-state index contributed by atoms with van der Waals surface area (Å²) in [6.45, 7) is 11.9. The van der Waals surface area contributed by atoms with E-state index in [-0.39, 0.29) is 0 Å². The second-order valence-corrected chi connectivity index (χ2v) is 11.4. The third-order valence-electron chi connectivity index (χ3n) is 4.30. The highest BCUT2D eigenvalue weighted by Crippen LogP contribution is 2.40. The second-order valence-electron chi connectivity index (χ2n) is 6.69. The average Bonchev–Trinajstić information content (AvgIpc) is 2.50. The molecule has 0 spiro atoms. The van der Waals surface area contributed by atoms with Crippen LogP contribution in [0.5, 0.6) is 0 Å². The molecule has 0 aromatic heterocycles. The van der Waals surface area contributed by atoms with Gasteiger partial charge in [0.05, 0.1) is 0 Å². The van der Waals surface area contributed by atoms with Crippen LogP contribution in [0, 0.1) is 5.92 Å². The average molecular weight is 244 g/mol. The Balaban J connectivity index is 2.45. The van der Waals surface area contributed by atoms with E-state index in [1.807, 2.05) is 0 Å². The number of aliphatic hydroxyl groups excluding tert-OH is 1. The van der Waals surface area contributed by atoms with Crippen LogP contribution < -0.4 is 0 Å². The summed E-state index contributed by atoms with van der Waals surface area (Å²) in [4.78, 5) is 0. The Kier molecular flexibility index (Phi) is 4.61. The van der Waals surface area contributed by atoms with E-state index in [9.17, 15) is 0 Å². The predicted molar refractivity (Wildman–Crippen MR) is 71.1 cm³/mol. The zero-order valence-corrected chi connectivity index (χ0v) is 12.5. The van der Waals surface area contributed by atoms with Crippen LogP contribution in [0.25, 0.3) is 0 Å². The van der Waals surface area contributed by atoms with Crippen LogP contribution >= 0.6 is 0 Å². The lowest BCUT2D eigenvalue weighted by Crippen LogP contribution is -2.43. The van der Waals surface area contributed by atoms with Gasteiger partial charge in [0, 0.05) is 12.7 Å². The maximum atomic E-state index is 8.94. The van der Waals surface area contributed by atoms with Gasteiger partial charge in [-0.05, 0) is 49.7 Å². The van der Waals surface area contributed by atoms with E-state index in [0.29, 0.717) is 23.7 Å². The molecule has 0 aromatic carbocycles. The van der Waals surface area contributed by atoms with Gasteiger partial charge in [-0.3, -0.25) is 0 Å². The first-order valence-electron chi connectivity index (χ1n) is 6.55. The van der Waals surface area contributed by atoms with Gasteiger partial charge in [-0.2, -0.15) is 0 Å². The molecule has 96 valence electrons. The molecule has 16 heavy (non-hydrogen) atoms. The molecule has 0 aliphatic heterocycles. The Hall–Kier alpha value is 0.137. The Morgan fingerprint density at radius 2 is 1.88 bits per heavy atom. The largest absolute Gasteiger partial charge is 0.414 e. The van der Waals surface area contributed by atoms with Crippen LogP contribution in [0.3, 0.4) is 0 Å². The van der Waals surface area contributed by atoms with Gasteiger partial charge in [0.15, 0.2) is 8.32 Å². The molecule has 0 saturated heterocycles. The van der Waals surface area contributed by atoms with E-state index in [1.54, 1.807) is 0 Å². The molecule has 1 N–H and O–H groups in total. The molecule has 1 aliphatic carbocycles. The van der Waals surface area contributed by atoms with E-state index >= 15 is 0 Å². The first kappa shape index (κ1) is 14.2. The maximum absolute atomic E-state index is 8.94. The fraction of sp³-hybridized carbons (Fsp3) is 1.00. The molecule has 1 rings (SSSR count). The number of aliphatic hydroxyl groups is 1. The minimum atomic E-state index is -1.58. The summed E-state index contributed by atoms with van der Waals surface area (Å²) in [5.74, 6) is 0.694. The van der Waals surface area contributed by atoms with Crippen LogP contribution in [0.2, 0.25) is 18.1 Å². The summed E-state index contributed by atoms with van der Waals surface area (Å²) < 4.78 is 6.40. The highest BCUT2D eigenvalue weighted by atomic mass is 28.4. The molecular weight excluding hydrogens is 216 g/mol. The van der Waals surface area contributed by atoms with E-state index < -0.39 is 8.32 Å². The Morgan fingerprint density at radius 1 is 1.25 bits per heavy atom. The van der Waals surface area contributed by atoms with E-state index in [2.05, 4.69) is 33.9 Å².